The maximum atomic E-state index is 12.0. The van der Waals surface area contributed by atoms with Crippen molar-refractivity contribution in [3.8, 4) is 5.75 Å². The average Bonchev–Trinajstić information content (AvgIpc) is 2.52. The maximum absolute atomic E-state index is 12.0. The third-order valence-electron chi connectivity index (χ3n) is 3.54. The number of quaternary nitrogens is 1. The Morgan fingerprint density at radius 2 is 2.04 bits per heavy atom. The molecule has 1 rings (SSSR count). The minimum absolute atomic E-state index is 0.0603. The molecule has 0 spiro atoms. The molecule has 6 heteroatoms. The van der Waals surface area contributed by atoms with E-state index in [1.807, 2.05) is 26.2 Å². The summed E-state index contributed by atoms with van der Waals surface area (Å²) in [6.07, 6.45) is 2.06. The second-order valence-electron chi connectivity index (χ2n) is 5.76. The molecule has 6 nitrogen and oxygen atoms in total. The van der Waals surface area contributed by atoms with Gasteiger partial charge in [-0.05, 0) is 18.6 Å². The van der Waals surface area contributed by atoms with Gasteiger partial charge in [-0.2, -0.15) is 0 Å². The second kappa shape index (κ2) is 9.84. The Balaban J connectivity index is 2.42. The highest BCUT2D eigenvalue weighted by atomic mass is 16.5. The summed E-state index contributed by atoms with van der Waals surface area (Å²) in [5, 5.41) is 2.82. The lowest BCUT2D eigenvalue weighted by Crippen LogP contribution is -3.11. The molecule has 0 heterocycles. The van der Waals surface area contributed by atoms with Gasteiger partial charge in [0.15, 0.2) is 13.1 Å². The van der Waals surface area contributed by atoms with Gasteiger partial charge in [0.1, 0.15) is 5.75 Å². The first-order chi connectivity index (χ1) is 11.0. The summed E-state index contributed by atoms with van der Waals surface area (Å²) in [7, 11) is 5.23. The SMILES string of the molecule is CCCCN(C)C(=O)C[NH+](C)CC(=O)Nc1cccc(OC)c1. The molecule has 2 N–H and O–H groups in total. The third-order valence-corrected chi connectivity index (χ3v) is 3.54. The first-order valence-electron chi connectivity index (χ1n) is 7.95. The largest absolute Gasteiger partial charge is 0.497 e. The zero-order chi connectivity index (χ0) is 17.2. The quantitative estimate of drug-likeness (QED) is 0.692. The fraction of sp³-hybridized carbons (Fsp3) is 0.529. The fourth-order valence-corrected chi connectivity index (χ4v) is 2.16. The number of rotatable bonds is 9. The van der Waals surface area contributed by atoms with E-state index in [2.05, 4.69) is 12.2 Å². The molecule has 0 bridgehead atoms. The number of nitrogens with one attached hydrogen (secondary N) is 2. The lowest BCUT2D eigenvalue weighted by Gasteiger charge is -2.19. The summed E-state index contributed by atoms with van der Waals surface area (Å²) in [4.78, 5) is 26.7. The highest BCUT2D eigenvalue weighted by Crippen LogP contribution is 2.16. The van der Waals surface area contributed by atoms with Gasteiger partial charge in [-0.25, -0.2) is 0 Å². The van der Waals surface area contributed by atoms with Crippen LogP contribution in [0, 0.1) is 0 Å². The predicted molar refractivity (Wildman–Crippen MR) is 90.8 cm³/mol. The van der Waals surface area contributed by atoms with Crippen LogP contribution in [0.4, 0.5) is 5.69 Å². The van der Waals surface area contributed by atoms with Crippen LogP contribution in [0.25, 0.3) is 0 Å². The maximum Gasteiger partial charge on any atom is 0.279 e. The summed E-state index contributed by atoms with van der Waals surface area (Å²) in [6.45, 7) is 3.41. The molecule has 128 valence electrons. The Morgan fingerprint density at radius 1 is 1.30 bits per heavy atom. The molecule has 1 atom stereocenters. The van der Waals surface area contributed by atoms with Crippen molar-refractivity contribution in [1.82, 2.24) is 4.90 Å². The van der Waals surface area contributed by atoms with E-state index < -0.39 is 0 Å². The first kappa shape index (κ1) is 19.0. The molecule has 0 aliphatic carbocycles. The van der Waals surface area contributed by atoms with Gasteiger partial charge in [0.2, 0.25) is 0 Å². The van der Waals surface area contributed by atoms with E-state index in [9.17, 15) is 9.59 Å². The number of carbonyl (C=O) groups is 2. The molecule has 1 unspecified atom stereocenters. The predicted octanol–water partition coefficient (Wildman–Crippen LogP) is 0.407. The molecular formula is C17H28N3O3+. The normalized spacial score (nSPS) is 11.7. The van der Waals surface area contributed by atoms with Gasteiger partial charge in [-0.15, -0.1) is 0 Å². The van der Waals surface area contributed by atoms with Crippen LogP contribution < -0.4 is 15.0 Å². The van der Waals surface area contributed by atoms with E-state index in [4.69, 9.17) is 4.74 Å². The lowest BCUT2D eigenvalue weighted by atomic mass is 10.3. The number of unbranched alkanes of at least 4 members (excludes halogenated alkanes) is 1. The van der Waals surface area contributed by atoms with Crippen molar-refractivity contribution in [3.63, 3.8) is 0 Å². The van der Waals surface area contributed by atoms with Crippen LogP contribution in [-0.4, -0.2) is 57.6 Å². The molecule has 0 aliphatic heterocycles. The highest BCUT2D eigenvalue weighted by Gasteiger charge is 2.17. The number of likely N-dealkylation sites (N-methyl/N-ethyl adjacent to an activating group) is 2. The third kappa shape index (κ3) is 7.15. The summed E-state index contributed by atoms with van der Waals surface area (Å²) in [5.74, 6) is 0.626. The summed E-state index contributed by atoms with van der Waals surface area (Å²) < 4.78 is 5.12. The number of benzene rings is 1. The zero-order valence-electron chi connectivity index (χ0n) is 14.5. The van der Waals surface area contributed by atoms with Crippen LogP contribution in [0.15, 0.2) is 24.3 Å². The zero-order valence-corrected chi connectivity index (χ0v) is 14.5. The molecule has 0 fully saturated rings. The molecule has 1 aromatic rings. The van der Waals surface area contributed by atoms with Gasteiger partial charge in [0.05, 0.1) is 14.2 Å². The van der Waals surface area contributed by atoms with Crippen molar-refractivity contribution in [3.05, 3.63) is 24.3 Å². The monoisotopic (exact) mass is 322 g/mol. The van der Waals surface area contributed by atoms with Crippen molar-refractivity contribution in [2.24, 2.45) is 0 Å². The topological polar surface area (TPSA) is 63.1 Å². The Hall–Kier alpha value is -2.08. The van der Waals surface area contributed by atoms with E-state index in [1.165, 1.54) is 0 Å². The first-order valence-corrected chi connectivity index (χ1v) is 7.95. The van der Waals surface area contributed by atoms with Crippen LogP contribution >= 0.6 is 0 Å². The number of anilines is 1. The van der Waals surface area contributed by atoms with Crippen LogP contribution in [0.2, 0.25) is 0 Å². The van der Waals surface area contributed by atoms with E-state index in [0.29, 0.717) is 18.0 Å². The second-order valence-corrected chi connectivity index (χ2v) is 5.76. The van der Waals surface area contributed by atoms with Gasteiger partial charge in [-0.1, -0.05) is 19.4 Å². The van der Waals surface area contributed by atoms with E-state index in [-0.39, 0.29) is 18.4 Å². The van der Waals surface area contributed by atoms with Crippen LogP contribution in [0.5, 0.6) is 5.75 Å². The van der Waals surface area contributed by atoms with Crippen molar-refractivity contribution in [2.75, 3.05) is 46.2 Å². The Morgan fingerprint density at radius 3 is 2.70 bits per heavy atom. The van der Waals surface area contributed by atoms with Gasteiger partial charge in [-0.3, -0.25) is 9.59 Å². The number of methoxy groups -OCH3 is 1. The molecule has 0 radical (unpaired) electrons. The van der Waals surface area contributed by atoms with E-state index in [0.717, 1.165) is 24.3 Å². The van der Waals surface area contributed by atoms with Crippen molar-refractivity contribution >= 4 is 17.5 Å². The molecule has 0 saturated heterocycles. The van der Waals surface area contributed by atoms with Crippen molar-refractivity contribution in [1.29, 1.82) is 0 Å². The van der Waals surface area contributed by atoms with E-state index in [1.54, 1.807) is 24.1 Å². The minimum Gasteiger partial charge on any atom is -0.497 e. The van der Waals surface area contributed by atoms with Gasteiger partial charge in [0, 0.05) is 25.3 Å². The molecule has 1 aromatic carbocycles. The van der Waals surface area contributed by atoms with Crippen LogP contribution in [-0.2, 0) is 9.59 Å². The van der Waals surface area contributed by atoms with Crippen LogP contribution in [0.3, 0.4) is 0 Å². The minimum atomic E-state index is -0.125. The molecule has 2 amide bonds. The number of hydrogen-bond acceptors (Lipinski definition) is 3. The lowest BCUT2D eigenvalue weighted by molar-refractivity contribution is -0.862. The molecule has 0 aliphatic rings. The summed E-state index contributed by atoms with van der Waals surface area (Å²) >= 11 is 0. The highest BCUT2D eigenvalue weighted by molar-refractivity contribution is 5.91. The standard InChI is InChI=1S/C17H27N3O3/c1-5-6-10-20(3)17(22)13-19(2)12-16(21)18-14-8-7-9-15(11-14)23-4/h7-9,11H,5-6,10,12-13H2,1-4H3,(H,18,21)/p+1. The number of hydrogen-bond donors (Lipinski definition) is 2. The van der Waals surface area contributed by atoms with Crippen LogP contribution in [0.1, 0.15) is 19.8 Å². The molecule has 0 saturated carbocycles. The van der Waals surface area contributed by atoms with E-state index >= 15 is 0 Å². The average molecular weight is 322 g/mol. The number of nitrogens with zero attached hydrogens (tertiary/aromatic N) is 1. The molecular weight excluding hydrogens is 294 g/mol. The van der Waals surface area contributed by atoms with Gasteiger partial charge in [0.25, 0.3) is 11.8 Å². The van der Waals surface area contributed by atoms with Gasteiger partial charge < -0.3 is 19.9 Å². The van der Waals surface area contributed by atoms with Crippen molar-refractivity contribution < 1.29 is 19.2 Å². The number of carbonyl (C=O) groups excluding carboxylic acids is 2. The fourth-order valence-electron chi connectivity index (χ4n) is 2.16. The summed E-state index contributed by atoms with van der Waals surface area (Å²) in [5.41, 5.74) is 0.688. The number of ether oxygens (including phenoxy) is 1. The smallest absolute Gasteiger partial charge is 0.279 e. The van der Waals surface area contributed by atoms with Crippen molar-refractivity contribution in [2.45, 2.75) is 19.8 Å². The Bertz CT molecular complexity index is 520. The summed E-state index contributed by atoms with van der Waals surface area (Å²) in [6, 6.07) is 7.20. The Kier molecular flexibility index (Phi) is 8.11. The Labute approximate surface area is 138 Å². The number of amides is 2. The van der Waals surface area contributed by atoms with Gasteiger partial charge >= 0.3 is 0 Å². The molecule has 0 aromatic heterocycles. The molecule has 23 heavy (non-hydrogen) atoms.